The number of unbranched alkanes of at least 4 members (excludes halogenated alkanes) is 5. The lowest BCUT2D eigenvalue weighted by atomic mass is 10.1. The zero-order valence-corrected chi connectivity index (χ0v) is 18.4. The second kappa shape index (κ2) is 12.7. The lowest BCUT2D eigenvalue weighted by Gasteiger charge is -2.12. The molecule has 0 heterocycles. The number of hydrogen-bond acceptors (Lipinski definition) is 2. The zero-order chi connectivity index (χ0) is 20.2. The van der Waals surface area contributed by atoms with E-state index in [1.807, 2.05) is 24.3 Å². The molecular weight excluding hydrogens is 368 g/mol. The van der Waals surface area contributed by atoms with Crippen LogP contribution in [0.15, 0.2) is 42.5 Å². The fourth-order valence-electron chi connectivity index (χ4n) is 2.96. The van der Waals surface area contributed by atoms with Gasteiger partial charge in [-0.2, -0.15) is 0 Å². The molecule has 0 radical (unpaired) electrons. The molecule has 0 aliphatic heterocycles. The van der Waals surface area contributed by atoms with Crippen LogP contribution in [0.2, 0.25) is 5.02 Å². The van der Waals surface area contributed by atoms with Crippen molar-refractivity contribution in [2.75, 3.05) is 13.2 Å². The Morgan fingerprint density at radius 1 is 0.821 bits per heavy atom. The Hall–Kier alpha value is -1.67. The maximum atomic E-state index is 6.44. The predicted octanol–water partition coefficient (Wildman–Crippen LogP) is 8.17. The van der Waals surface area contributed by atoms with Gasteiger partial charge in [0.15, 0.2) is 0 Å². The minimum absolute atomic E-state index is 0.572. The average Bonchev–Trinajstić information content (AvgIpc) is 2.72. The zero-order valence-electron chi connectivity index (χ0n) is 17.7. The summed E-state index contributed by atoms with van der Waals surface area (Å²) in [6.45, 7) is 8.11. The molecule has 1 atom stereocenters. The molecule has 0 N–H and O–H groups in total. The molecule has 0 unspecified atom stereocenters. The monoisotopic (exact) mass is 402 g/mol. The first kappa shape index (κ1) is 22.6. The van der Waals surface area contributed by atoms with E-state index in [1.165, 1.54) is 32.1 Å². The van der Waals surface area contributed by atoms with Gasteiger partial charge >= 0.3 is 0 Å². The SMILES string of the molecule is CCCCCCCCOc1ccc(-c2ccc(OC[C@@H](C)CC)cc2)cc1Cl. The minimum Gasteiger partial charge on any atom is -0.493 e. The summed E-state index contributed by atoms with van der Waals surface area (Å²) >= 11 is 6.44. The molecule has 2 aromatic carbocycles. The summed E-state index contributed by atoms with van der Waals surface area (Å²) in [5.74, 6) is 2.25. The molecule has 3 heteroatoms. The fourth-order valence-corrected chi connectivity index (χ4v) is 3.20. The van der Waals surface area contributed by atoms with E-state index in [4.69, 9.17) is 21.1 Å². The van der Waals surface area contributed by atoms with Crippen LogP contribution in [0.3, 0.4) is 0 Å². The van der Waals surface area contributed by atoms with Gasteiger partial charge in [0.25, 0.3) is 0 Å². The van der Waals surface area contributed by atoms with E-state index in [0.29, 0.717) is 10.9 Å². The van der Waals surface area contributed by atoms with Gasteiger partial charge in [-0.1, -0.05) is 89.1 Å². The number of hydrogen-bond donors (Lipinski definition) is 0. The second-order valence-electron chi connectivity index (χ2n) is 7.61. The van der Waals surface area contributed by atoms with E-state index < -0.39 is 0 Å². The van der Waals surface area contributed by atoms with Crippen LogP contribution < -0.4 is 9.47 Å². The van der Waals surface area contributed by atoms with Gasteiger partial charge in [-0.3, -0.25) is 0 Å². The largest absolute Gasteiger partial charge is 0.493 e. The maximum absolute atomic E-state index is 6.44. The highest BCUT2D eigenvalue weighted by atomic mass is 35.5. The molecule has 2 aromatic rings. The molecule has 0 saturated carbocycles. The molecule has 0 aliphatic carbocycles. The second-order valence-corrected chi connectivity index (χ2v) is 8.02. The van der Waals surface area contributed by atoms with Gasteiger partial charge < -0.3 is 9.47 Å². The van der Waals surface area contributed by atoms with E-state index in [0.717, 1.165) is 48.7 Å². The standard InChI is InChI=1S/C25H35ClO2/c1-4-6-7-8-9-10-17-27-25-16-13-22(18-24(25)26)21-11-14-23(15-12-21)28-19-20(3)5-2/h11-16,18,20H,4-10,17,19H2,1-3H3/t20-/m0/s1. The van der Waals surface area contributed by atoms with Crippen LogP contribution >= 0.6 is 11.6 Å². The van der Waals surface area contributed by atoms with Crippen LogP contribution in [-0.2, 0) is 0 Å². The average molecular weight is 403 g/mol. The smallest absolute Gasteiger partial charge is 0.137 e. The summed E-state index contributed by atoms with van der Waals surface area (Å²) in [4.78, 5) is 0. The van der Waals surface area contributed by atoms with Crippen molar-refractivity contribution in [3.05, 3.63) is 47.5 Å². The van der Waals surface area contributed by atoms with E-state index in [-0.39, 0.29) is 0 Å². The lowest BCUT2D eigenvalue weighted by Crippen LogP contribution is -2.06. The first-order chi connectivity index (χ1) is 13.6. The van der Waals surface area contributed by atoms with Gasteiger partial charge in [0.2, 0.25) is 0 Å². The number of rotatable bonds is 13. The van der Waals surface area contributed by atoms with E-state index in [9.17, 15) is 0 Å². The van der Waals surface area contributed by atoms with Crippen LogP contribution in [-0.4, -0.2) is 13.2 Å². The third-order valence-corrected chi connectivity index (χ3v) is 5.40. The number of halogens is 1. The molecule has 154 valence electrons. The summed E-state index contributed by atoms with van der Waals surface area (Å²) in [6, 6.07) is 14.2. The topological polar surface area (TPSA) is 18.5 Å². The highest BCUT2D eigenvalue weighted by molar-refractivity contribution is 6.32. The van der Waals surface area contributed by atoms with Crippen molar-refractivity contribution in [3.8, 4) is 22.6 Å². The summed E-state index contributed by atoms with van der Waals surface area (Å²) < 4.78 is 11.7. The molecule has 0 spiro atoms. The van der Waals surface area contributed by atoms with E-state index in [2.05, 4.69) is 39.0 Å². The highest BCUT2D eigenvalue weighted by Gasteiger charge is 2.06. The van der Waals surface area contributed by atoms with Crippen molar-refractivity contribution in [1.29, 1.82) is 0 Å². The fraction of sp³-hybridized carbons (Fsp3) is 0.520. The first-order valence-corrected chi connectivity index (χ1v) is 11.2. The van der Waals surface area contributed by atoms with Crippen molar-refractivity contribution in [2.24, 2.45) is 5.92 Å². The third kappa shape index (κ3) is 7.75. The van der Waals surface area contributed by atoms with Gasteiger partial charge in [0.1, 0.15) is 11.5 Å². The summed E-state index contributed by atoms with van der Waals surface area (Å²) in [7, 11) is 0. The van der Waals surface area contributed by atoms with Crippen LogP contribution in [0.4, 0.5) is 0 Å². The van der Waals surface area contributed by atoms with Gasteiger partial charge in [-0.25, -0.2) is 0 Å². The van der Waals surface area contributed by atoms with Gasteiger partial charge in [-0.05, 0) is 47.7 Å². The number of benzene rings is 2. The highest BCUT2D eigenvalue weighted by Crippen LogP contribution is 2.31. The lowest BCUT2D eigenvalue weighted by molar-refractivity contribution is 0.256. The van der Waals surface area contributed by atoms with Crippen LogP contribution in [0.5, 0.6) is 11.5 Å². The number of ether oxygens (including phenoxy) is 2. The third-order valence-electron chi connectivity index (χ3n) is 5.11. The van der Waals surface area contributed by atoms with Gasteiger partial charge in [0.05, 0.1) is 18.2 Å². The predicted molar refractivity (Wildman–Crippen MR) is 121 cm³/mol. The quantitative estimate of drug-likeness (QED) is 0.314. The van der Waals surface area contributed by atoms with Crippen molar-refractivity contribution >= 4 is 11.6 Å². The summed E-state index contributed by atoms with van der Waals surface area (Å²) in [5, 5.41) is 0.667. The molecule has 2 rings (SSSR count). The minimum atomic E-state index is 0.572. The molecule has 0 bridgehead atoms. The Morgan fingerprint density at radius 3 is 2.18 bits per heavy atom. The van der Waals surface area contributed by atoms with Crippen molar-refractivity contribution in [3.63, 3.8) is 0 Å². The van der Waals surface area contributed by atoms with Crippen molar-refractivity contribution < 1.29 is 9.47 Å². The Morgan fingerprint density at radius 2 is 1.50 bits per heavy atom. The van der Waals surface area contributed by atoms with E-state index >= 15 is 0 Å². The Labute approximate surface area is 176 Å². The molecule has 0 saturated heterocycles. The molecular formula is C25H35ClO2. The van der Waals surface area contributed by atoms with Gasteiger partial charge in [0, 0.05) is 0 Å². The molecule has 0 fully saturated rings. The Kier molecular flexibility index (Phi) is 10.3. The maximum Gasteiger partial charge on any atom is 0.137 e. The summed E-state index contributed by atoms with van der Waals surface area (Å²) in [6.07, 6.45) is 8.67. The van der Waals surface area contributed by atoms with E-state index in [1.54, 1.807) is 0 Å². The van der Waals surface area contributed by atoms with Crippen LogP contribution in [0, 0.1) is 5.92 Å². The molecule has 0 amide bonds. The van der Waals surface area contributed by atoms with Crippen molar-refractivity contribution in [1.82, 2.24) is 0 Å². The van der Waals surface area contributed by atoms with Gasteiger partial charge in [-0.15, -0.1) is 0 Å². The Balaban J connectivity index is 1.84. The summed E-state index contributed by atoms with van der Waals surface area (Å²) in [5.41, 5.74) is 2.21. The van der Waals surface area contributed by atoms with Crippen molar-refractivity contribution in [2.45, 2.75) is 65.7 Å². The molecule has 2 nitrogen and oxygen atoms in total. The molecule has 0 aliphatic rings. The van der Waals surface area contributed by atoms with Crippen LogP contribution in [0.1, 0.15) is 65.7 Å². The molecule has 0 aromatic heterocycles. The molecule has 28 heavy (non-hydrogen) atoms. The first-order valence-electron chi connectivity index (χ1n) is 10.8. The normalized spacial score (nSPS) is 12.0. The Bertz CT molecular complexity index is 681. The van der Waals surface area contributed by atoms with Crippen LogP contribution in [0.25, 0.3) is 11.1 Å².